The van der Waals surface area contributed by atoms with Gasteiger partial charge in [-0.05, 0) is 52.5 Å². The first kappa shape index (κ1) is 20.6. The van der Waals surface area contributed by atoms with E-state index in [1.807, 2.05) is 0 Å². The maximum Gasteiger partial charge on any atom is 0.216 e. The summed E-state index contributed by atoms with van der Waals surface area (Å²) in [5.74, 6) is 0. The Kier molecular flexibility index (Phi) is 6.96. The highest BCUT2D eigenvalue weighted by atomic mass is 28.4. The van der Waals surface area contributed by atoms with E-state index in [1.54, 1.807) is 0 Å². The van der Waals surface area contributed by atoms with Crippen LogP contribution in [0.15, 0.2) is 0 Å². The van der Waals surface area contributed by atoms with E-state index in [0.717, 1.165) is 12.8 Å². The average molecular weight is 335 g/mol. The van der Waals surface area contributed by atoms with E-state index < -0.39 is 24.7 Å². The molecule has 0 bridgehead atoms. The molecule has 0 amide bonds. The zero-order valence-corrected chi connectivity index (χ0v) is 18.8. The summed E-state index contributed by atoms with van der Waals surface area (Å²) in [7, 11) is -4.76. The predicted octanol–water partition coefficient (Wildman–Crippen LogP) is 5.42. The van der Waals surface area contributed by atoms with Gasteiger partial charge >= 0.3 is 0 Å². The summed E-state index contributed by atoms with van der Waals surface area (Å²) in [5, 5.41) is -0.0788. The van der Waals surface area contributed by atoms with Gasteiger partial charge in [0.25, 0.3) is 0 Å². The van der Waals surface area contributed by atoms with Crippen molar-refractivity contribution in [2.45, 2.75) is 96.9 Å². The van der Waals surface area contributed by atoms with Crippen molar-refractivity contribution >= 4 is 24.7 Å². The topological polar surface area (TPSA) is 18.5 Å². The molecular formula is C15H38O2Si3. The van der Waals surface area contributed by atoms with Crippen LogP contribution in [0, 0.1) is 0 Å². The monoisotopic (exact) mass is 334 g/mol. The molecule has 0 fully saturated rings. The van der Waals surface area contributed by atoms with Crippen molar-refractivity contribution in [1.29, 1.82) is 0 Å². The molecule has 1 unspecified atom stereocenters. The molecule has 0 aromatic carbocycles. The first-order valence-corrected chi connectivity index (χ1v) is 18.0. The Bertz CT molecular complexity index is 305. The van der Waals surface area contributed by atoms with E-state index in [9.17, 15) is 0 Å². The molecule has 2 nitrogen and oxygen atoms in total. The summed E-state index contributed by atoms with van der Waals surface area (Å²) in [4.78, 5) is 0. The lowest BCUT2D eigenvalue weighted by atomic mass is 10.3. The van der Waals surface area contributed by atoms with Crippen LogP contribution in [0.1, 0.15) is 33.6 Å². The van der Waals surface area contributed by atoms with Crippen molar-refractivity contribution in [2.75, 3.05) is 0 Å². The molecular weight excluding hydrogens is 296 g/mol. The van der Waals surface area contributed by atoms with Gasteiger partial charge in [-0.25, -0.2) is 0 Å². The lowest BCUT2D eigenvalue weighted by molar-refractivity contribution is 0.108. The fourth-order valence-corrected chi connectivity index (χ4v) is 11.5. The Morgan fingerprint density at radius 3 is 1.60 bits per heavy atom. The molecule has 0 aromatic rings. The van der Waals surface area contributed by atoms with Crippen molar-refractivity contribution in [2.24, 2.45) is 0 Å². The fourth-order valence-electron chi connectivity index (χ4n) is 2.65. The summed E-state index contributed by atoms with van der Waals surface area (Å²) in [5.41, 5.74) is 0.445. The van der Waals surface area contributed by atoms with Gasteiger partial charge in [-0.15, -0.1) is 0 Å². The molecule has 122 valence electrons. The van der Waals surface area contributed by atoms with Crippen molar-refractivity contribution in [1.82, 2.24) is 0 Å². The van der Waals surface area contributed by atoms with E-state index in [2.05, 4.69) is 73.1 Å². The molecule has 0 rings (SSSR count). The van der Waals surface area contributed by atoms with E-state index >= 15 is 0 Å². The number of hydrogen-bond donors (Lipinski definition) is 0. The molecule has 0 radical (unpaired) electrons. The summed E-state index contributed by atoms with van der Waals surface area (Å²) in [6.07, 6.45) is 2.16. The second-order valence-corrected chi connectivity index (χ2v) is 22.8. The highest BCUT2D eigenvalue weighted by molar-refractivity contribution is 6.80. The fraction of sp³-hybridized carbons (Fsp3) is 1.00. The van der Waals surface area contributed by atoms with Crippen molar-refractivity contribution in [3.8, 4) is 0 Å². The number of rotatable bonds is 8. The van der Waals surface area contributed by atoms with Crippen molar-refractivity contribution in [3.63, 3.8) is 0 Å². The molecule has 0 aliphatic heterocycles. The molecule has 20 heavy (non-hydrogen) atoms. The van der Waals surface area contributed by atoms with Crippen LogP contribution in [0.2, 0.25) is 52.4 Å². The van der Waals surface area contributed by atoms with Gasteiger partial charge in [0, 0.05) is 5.73 Å². The van der Waals surface area contributed by atoms with Gasteiger partial charge in [0.1, 0.15) is 0 Å². The standard InChI is InChI=1S/C15H38O2Si3/c1-12-14(18(4,5)6)16-20(10,11)15(3,13-2)17-19(7,8)9/h14H,12-13H2,1-11H3/t14?,15-/m1/s1. The largest absolute Gasteiger partial charge is 0.415 e. The normalized spacial score (nSPS) is 18.8. The lowest BCUT2D eigenvalue weighted by Crippen LogP contribution is -2.62. The maximum atomic E-state index is 6.75. The van der Waals surface area contributed by atoms with Crippen LogP contribution in [-0.4, -0.2) is 35.7 Å². The summed E-state index contributed by atoms with van der Waals surface area (Å²) < 4.78 is 13.3. The zero-order chi connectivity index (χ0) is 16.4. The minimum atomic E-state index is -1.91. The summed E-state index contributed by atoms with van der Waals surface area (Å²) in [6.45, 7) is 25.6. The Hall–Kier alpha value is 0.571. The molecule has 0 aromatic heterocycles. The van der Waals surface area contributed by atoms with E-state index in [0.29, 0.717) is 5.73 Å². The van der Waals surface area contributed by atoms with Crippen LogP contribution in [-0.2, 0) is 8.85 Å². The van der Waals surface area contributed by atoms with Gasteiger partial charge in [-0.2, -0.15) is 0 Å². The Morgan fingerprint density at radius 2 is 1.35 bits per heavy atom. The second-order valence-electron chi connectivity index (χ2n) is 8.69. The second kappa shape index (κ2) is 6.77. The van der Waals surface area contributed by atoms with Crippen LogP contribution in [0.3, 0.4) is 0 Å². The van der Waals surface area contributed by atoms with E-state index in [4.69, 9.17) is 8.85 Å². The molecule has 0 spiro atoms. The van der Waals surface area contributed by atoms with Gasteiger partial charge in [0.05, 0.1) is 13.3 Å². The van der Waals surface area contributed by atoms with Crippen LogP contribution in [0.25, 0.3) is 0 Å². The minimum absolute atomic E-state index is 0.0788. The third kappa shape index (κ3) is 5.75. The van der Waals surface area contributed by atoms with E-state index in [1.165, 1.54) is 0 Å². The molecule has 5 heteroatoms. The molecule has 0 N–H and O–H groups in total. The zero-order valence-electron chi connectivity index (χ0n) is 15.8. The Labute approximate surface area is 130 Å². The van der Waals surface area contributed by atoms with Gasteiger partial charge in [0.2, 0.25) is 8.32 Å². The van der Waals surface area contributed by atoms with E-state index in [-0.39, 0.29) is 5.22 Å². The molecule has 2 atom stereocenters. The highest BCUT2D eigenvalue weighted by Crippen LogP contribution is 2.34. The number of hydrogen-bond acceptors (Lipinski definition) is 2. The van der Waals surface area contributed by atoms with Gasteiger partial charge in [-0.1, -0.05) is 33.5 Å². The lowest BCUT2D eigenvalue weighted by Gasteiger charge is -2.48. The molecule has 0 heterocycles. The quantitative estimate of drug-likeness (QED) is 0.551. The maximum absolute atomic E-state index is 6.75. The van der Waals surface area contributed by atoms with Crippen LogP contribution >= 0.6 is 0 Å². The predicted molar refractivity (Wildman–Crippen MR) is 99.1 cm³/mol. The van der Waals surface area contributed by atoms with Crippen molar-refractivity contribution < 1.29 is 8.85 Å². The molecule has 0 saturated heterocycles. The highest BCUT2D eigenvalue weighted by Gasteiger charge is 2.49. The van der Waals surface area contributed by atoms with Gasteiger partial charge in [-0.3, -0.25) is 0 Å². The van der Waals surface area contributed by atoms with Crippen LogP contribution < -0.4 is 0 Å². The van der Waals surface area contributed by atoms with Gasteiger partial charge in [0.15, 0.2) is 8.32 Å². The smallest absolute Gasteiger partial charge is 0.216 e. The first-order valence-electron chi connectivity index (χ1n) is 8.06. The molecule has 0 aliphatic rings. The Morgan fingerprint density at radius 1 is 0.900 bits per heavy atom. The third-order valence-electron chi connectivity index (χ3n) is 4.25. The summed E-state index contributed by atoms with van der Waals surface area (Å²) >= 11 is 0. The molecule has 0 aliphatic carbocycles. The minimum Gasteiger partial charge on any atom is -0.415 e. The van der Waals surface area contributed by atoms with Crippen LogP contribution in [0.4, 0.5) is 0 Å². The average Bonchev–Trinajstić information content (AvgIpc) is 2.21. The summed E-state index contributed by atoms with van der Waals surface area (Å²) in [6, 6.07) is 0. The van der Waals surface area contributed by atoms with Crippen molar-refractivity contribution in [3.05, 3.63) is 0 Å². The van der Waals surface area contributed by atoms with Gasteiger partial charge < -0.3 is 8.85 Å². The Balaban J connectivity index is 5.25. The SMILES string of the molecule is CCC(O[Si](C)(C)[C@](C)(CC)O[Si](C)(C)C)[Si](C)(C)C. The first-order chi connectivity index (χ1) is 8.68. The van der Waals surface area contributed by atoms with Crippen LogP contribution in [0.5, 0.6) is 0 Å². The third-order valence-corrected chi connectivity index (χ3v) is 12.1. The molecule has 0 saturated carbocycles.